The third-order valence-electron chi connectivity index (χ3n) is 2.23. The zero-order chi connectivity index (χ0) is 12.7. The van der Waals surface area contributed by atoms with Crippen LogP contribution in [-0.4, -0.2) is 29.9 Å². The molecule has 0 unspecified atom stereocenters. The van der Waals surface area contributed by atoms with Crippen molar-refractivity contribution < 1.29 is 24.5 Å². The van der Waals surface area contributed by atoms with Crippen molar-refractivity contribution in [1.29, 1.82) is 0 Å². The molecule has 0 spiro atoms. The number of hydrogen-bond donors (Lipinski definition) is 2. The molecule has 1 aromatic carbocycles. The summed E-state index contributed by atoms with van der Waals surface area (Å²) in [5.74, 6) is 0.166. The number of carboxylic acid groups (broad SMARTS) is 1. The Morgan fingerprint density at radius 2 is 2.18 bits per heavy atom. The highest BCUT2D eigenvalue weighted by molar-refractivity contribution is 5.66. The maximum Gasteiger partial charge on any atom is 0.303 e. The molecule has 1 aromatic rings. The van der Waals surface area contributed by atoms with E-state index in [4.69, 9.17) is 19.7 Å². The topological polar surface area (TPSA) is 76.0 Å². The highest BCUT2D eigenvalue weighted by Crippen LogP contribution is 2.31. The largest absolute Gasteiger partial charge is 0.492 e. The highest BCUT2D eigenvalue weighted by Gasteiger charge is 2.09. The SMILES string of the molecule is COc1c(CO)cccc1OCCCC(=O)O. The van der Waals surface area contributed by atoms with Gasteiger partial charge >= 0.3 is 5.97 Å². The van der Waals surface area contributed by atoms with Gasteiger partial charge in [0.1, 0.15) is 0 Å². The van der Waals surface area contributed by atoms with Crippen molar-refractivity contribution in [1.82, 2.24) is 0 Å². The molecule has 17 heavy (non-hydrogen) atoms. The summed E-state index contributed by atoms with van der Waals surface area (Å²) in [5, 5.41) is 17.6. The van der Waals surface area contributed by atoms with Gasteiger partial charge in [-0.2, -0.15) is 0 Å². The van der Waals surface area contributed by atoms with Crippen molar-refractivity contribution in [2.75, 3.05) is 13.7 Å². The second-order valence-electron chi connectivity index (χ2n) is 3.45. The molecule has 0 aliphatic rings. The van der Waals surface area contributed by atoms with Crippen LogP contribution in [0.3, 0.4) is 0 Å². The van der Waals surface area contributed by atoms with Crippen molar-refractivity contribution in [3.05, 3.63) is 23.8 Å². The molecule has 0 saturated heterocycles. The van der Waals surface area contributed by atoms with Crippen LogP contribution in [-0.2, 0) is 11.4 Å². The predicted octanol–water partition coefficient (Wildman–Crippen LogP) is 1.43. The monoisotopic (exact) mass is 240 g/mol. The minimum atomic E-state index is -0.843. The fourth-order valence-corrected chi connectivity index (χ4v) is 1.44. The highest BCUT2D eigenvalue weighted by atomic mass is 16.5. The van der Waals surface area contributed by atoms with Gasteiger partial charge in [-0.15, -0.1) is 0 Å². The first-order valence-electron chi connectivity index (χ1n) is 5.30. The second-order valence-corrected chi connectivity index (χ2v) is 3.45. The zero-order valence-electron chi connectivity index (χ0n) is 9.68. The lowest BCUT2D eigenvalue weighted by molar-refractivity contribution is -0.137. The van der Waals surface area contributed by atoms with Gasteiger partial charge < -0.3 is 19.7 Å². The molecule has 0 aliphatic carbocycles. The molecule has 1 rings (SSSR count). The van der Waals surface area contributed by atoms with Crippen LogP contribution in [0, 0.1) is 0 Å². The predicted molar refractivity (Wildman–Crippen MR) is 61.3 cm³/mol. The minimum Gasteiger partial charge on any atom is -0.492 e. The first kappa shape index (κ1) is 13.3. The fourth-order valence-electron chi connectivity index (χ4n) is 1.44. The number of hydrogen-bond acceptors (Lipinski definition) is 4. The van der Waals surface area contributed by atoms with Crippen molar-refractivity contribution in [3.8, 4) is 11.5 Å². The van der Waals surface area contributed by atoms with Crippen molar-refractivity contribution in [2.45, 2.75) is 19.4 Å². The Hall–Kier alpha value is -1.75. The average Bonchev–Trinajstić information content (AvgIpc) is 2.33. The van der Waals surface area contributed by atoms with Crippen LogP contribution >= 0.6 is 0 Å². The lowest BCUT2D eigenvalue weighted by Gasteiger charge is -2.12. The van der Waals surface area contributed by atoms with Crippen molar-refractivity contribution in [2.24, 2.45) is 0 Å². The van der Waals surface area contributed by atoms with Crippen LogP contribution in [0.2, 0.25) is 0 Å². The molecule has 0 heterocycles. The summed E-state index contributed by atoms with van der Waals surface area (Å²) >= 11 is 0. The summed E-state index contributed by atoms with van der Waals surface area (Å²) < 4.78 is 10.6. The molecule has 0 bridgehead atoms. The van der Waals surface area contributed by atoms with Gasteiger partial charge in [0, 0.05) is 12.0 Å². The molecule has 94 valence electrons. The number of carbonyl (C=O) groups is 1. The van der Waals surface area contributed by atoms with Gasteiger partial charge in [-0.05, 0) is 12.5 Å². The van der Waals surface area contributed by atoms with Crippen LogP contribution in [0.25, 0.3) is 0 Å². The molecule has 5 heteroatoms. The average molecular weight is 240 g/mol. The fraction of sp³-hybridized carbons (Fsp3) is 0.417. The Kier molecular flexibility index (Phi) is 5.29. The van der Waals surface area contributed by atoms with Crippen LogP contribution in [0.4, 0.5) is 0 Å². The van der Waals surface area contributed by atoms with E-state index >= 15 is 0 Å². The van der Waals surface area contributed by atoms with E-state index in [1.54, 1.807) is 18.2 Å². The summed E-state index contributed by atoms with van der Waals surface area (Å²) in [6.07, 6.45) is 0.504. The Labute approximate surface area is 99.6 Å². The molecule has 0 amide bonds. The molecule has 0 aromatic heterocycles. The van der Waals surface area contributed by atoms with Gasteiger partial charge in [-0.25, -0.2) is 0 Å². The number of benzene rings is 1. The van der Waals surface area contributed by atoms with E-state index in [-0.39, 0.29) is 13.0 Å². The Morgan fingerprint density at radius 3 is 2.76 bits per heavy atom. The van der Waals surface area contributed by atoms with Crippen LogP contribution in [0.15, 0.2) is 18.2 Å². The van der Waals surface area contributed by atoms with Gasteiger partial charge in [-0.3, -0.25) is 4.79 Å². The van der Waals surface area contributed by atoms with E-state index in [1.165, 1.54) is 7.11 Å². The number of ether oxygens (including phenoxy) is 2. The van der Waals surface area contributed by atoms with Crippen molar-refractivity contribution in [3.63, 3.8) is 0 Å². The van der Waals surface area contributed by atoms with Crippen molar-refractivity contribution >= 4 is 5.97 Å². The third kappa shape index (κ3) is 3.96. The third-order valence-corrected chi connectivity index (χ3v) is 2.23. The van der Waals surface area contributed by atoms with E-state index in [1.807, 2.05) is 0 Å². The molecule has 0 aliphatic heterocycles. The maximum atomic E-state index is 10.3. The summed E-state index contributed by atoms with van der Waals surface area (Å²) in [4.78, 5) is 10.3. The van der Waals surface area contributed by atoms with Crippen LogP contribution < -0.4 is 9.47 Å². The Bertz CT molecular complexity index is 375. The summed E-state index contributed by atoms with van der Waals surface area (Å²) in [7, 11) is 1.50. The number of methoxy groups -OCH3 is 1. The molecule has 0 saturated carbocycles. The minimum absolute atomic E-state index is 0.0714. The normalized spacial score (nSPS) is 10.0. The Morgan fingerprint density at radius 1 is 1.41 bits per heavy atom. The molecule has 5 nitrogen and oxygen atoms in total. The van der Waals surface area contributed by atoms with E-state index < -0.39 is 5.97 Å². The number of carboxylic acids is 1. The first-order valence-corrected chi connectivity index (χ1v) is 5.30. The molecular formula is C12H16O5. The number of para-hydroxylation sites is 1. The van der Waals surface area contributed by atoms with E-state index in [9.17, 15) is 4.79 Å². The number of aliphatic hydroxyl groups excluding tert-OH is 1. The summed E-state index contributed by atoms with van der Waals surface area (Å²) in [5.41, 5.74) is 0.642. The van der Waals surface area contributed by atoms with Crippen LogP contribution in [0.1, 0.15) is 18.4 Å². The smallest absolute Gasteiger partial charge is 0.303 e. The van der Waals surface area contributed by atoms with E-state index in [0.717, 1.165) is 0 Å². The van der Waals surface area contributed by atoms with Gasteiger partial charge in [0.2, 0.25) is 0 Å². The molecule has 2 N–H and O–H groups in total. The molecule has 0 fully saturated rings. The van der Waals surface area contributed by atoms with Gasteiger partial charge in [0.15, 0.2) is 11.5 Å². The zero-order valence-corrected chi connectivity index (χ0v) is 9.68. The maximum absolute atomic E-state index is 10.3. The van der Waals surface area contributed by atoms with Gasteiger partial charge in [0.25, 0.3) is 0 Å². The summed E-state index contributed by atoms with van der Waals surface area (Å²) in [6, 6.07) is 5.21. The standard InChI is InChI=1S/C12H16O5/c1-16-12-9(8-13)4-2-5-10(12)17-7-3-6-11(14)15/h2,4-5,13H,3,6-8H2,1H3,(H,14,15). The van der Waals surface area contributed by atoms with Gasteiger partial charge in [0.05, 0.1) is 20.3 Å². The number of aliphatic carboxylic acids is 1. The second kappa shape index (κ2) is 6.75. The van der Waals surface area contributed by atoms with Gasteiger partial charge in [-0.1, -0.05) is 12.1 Å². The van der Waals surface area contributed by atoms with E-state index in [0.29, 0.717) is 30.1 Å². The van der Waals surface area contributed by atoms with E-state index in [2.05, 4.69) is 0 Å². The first-order chi connectivity index (χ1) is 8.19. The lowest BCUT2D eigenvalue weighted by Crippen LogP contribution is -2.04. The summed E-state index contributed by atoms with van der Waals surface area (Å²) in [6.45, 7) is 0.174. The molecule has 0 radical (unpaired) electrons. The number of aliphatic hydroxyl groups is 1. The molecule has 0 atom stereocenters. The quantitative estimate of drug-likeness (QED) is 0.705. The number of rotatable bonds is 7. The Balaban J connectivity index is 2.60. The lowest BCUT2D eigenvalue weighted by atomic mass is 10.2. The molecular weight excluding hydrogens is 224 g/mol. The van der Waals surface area contributed by atoms with Crippen LogP contribution in [0.5, 0.6) is 11.5 Å².